The second-order valence-electron chi connectivity index (χ2n) is 7.47. The van der Waals surface area contributed by atoms with Crippen LogP contribution in [-0.2, 0) is 4.79 Å². The molecule has 0 bridgehead atoms. The van der Waals surface area contributed by atoms with Gasteiger partial charge in [0.25, 0.3) is 5.91 Å². The largest absolute Gasteiger partial charge is 0.336 e. The van der Waals surface area contributed by atoms with Crippen molar-refractivity contribution in [2.45, 2.75) is 32.4 Å². The maximum Gasteiger partial charge on any atom is 0.317 e. The summed E-state index contributed by atoms with van der Waals surface area (Å²) >= 11 is 0. The van der Waals surface area contributed by atoms with E-state index in [4.69, 9.17) is 0 Å². The first-order valence-corrected chi connectivity index (χ1v) is 9.68. The molecule has 0 fully saturated rings. The van der Waals surface area contributed by atoms with E-state index in [0.29, 0.717) is 5.71 Å². The fraction of sp³-hybridized carbons (Fsp3) is 0.318. The Balaban J connectivity index is 1.90. The molecule has 0 saturated carbocycles. The monoisotopic (exact) mass is 414 g/mol. The SMILES string of the molecule is CC(C)NC(=O)N(C)CC(=O)N1N=C(c2ccccc2F)CC1c1ccccc1F. The summed E-state index contributed by atoms with van der Waals surface area (Å²) in [6.45, 7) is 3.37. The van der Waals surface area contributed by atoms with Gasteiger partial charge in [0.05, 0.1) is 11.8 Å². The van der Waals surface area contributed by atoms with Gasteiger partial charge in [0.15, 0.2) is 0 Å². The third kappa shape index (κ3) is 4.64. The minimum absolute atomic E-state index is 0.0846. The Morgan fingerprint density at radius 3 is 2.40 bits per heavy atom. The van der Waals surface area contributed by atoms with Crippen LogP contribution in [0.4, 0.5) is 13.6 Å². The van der Waals surface area contributed by atoms with E-state index in [1.54, 1.807) is 36.4 Å². The summed E-state index contributed by atoms with van der Waals surface area (Å²) in [6.07, 6.45) is 0.162. The van der Waals surface area contributed by atoms with Crippen molar-refractivity contribution in [1.29, 1.82) is 0 Å². The molecule has 6 nitrogen and oxygen atoms in total. The van der Waals surface area contributed by atoms with Crippen LogP contribution in [0.1, 0.15) is 37.4 Å². The van der Waals surface area contributed by atoms with Crippen LogP contribution < -0.4 is 5.32 Å². The van der Waals surface area contributed by atoms with Crippen molar-refractivity contribution in [3.63, 3.8) is 0 Å². The van der Waals surface area contributed by atoms with E-state index in [1.807, 2.05) is 13.8 Å². The van der Waals surface area contributed by atoms with Gasteiger partial charge in [-0.25, -0.2) is 18.6 Å². The minimum atomic E-state index is -0.727. The summed E-state index contributed by atoms with van der Waals surface area (Å²) in [5, 5.41) is 8.18. The number of urea groups is 1. The standard InChI is InChI=1S/C22H24F2N4O2/c1-14(2)25-22(30)27(3)13-21(29)28-20(16-9-5-7-11-18(16)24)12-19(26-28)15-8-4-6-10-17(15)23/h4-11,14,20H,12-13H2,1-3H3,(H,25,30). The molecular formula is C22H24F2N4O2. The average molecular weight is 414 g/mol. The number of rotatable bonds is 5. The molecular weight excluding hydrogens is 390 g/mol. The van der Waals surface area contributed by atoms with Crippen molar-refractivity contribution in [2.24, 2.45) is 5.10 Å². The number of nitrogens with zero attached hydrogens (tertiary/aromatic N) is 3. The predicted molar refractivity (Wildman–Crippen MR) is 110 cm³/mol. The number of likely N-dealkylation sites (N-methyl/N-ethyl adjacent to an activating group) is 1. The molecule has 30 heavy (non-hydrogen) atoms. The lowest BCUT2D eigenvalue weighted by Gasteiger charge is -2.25. The van der Waals surface area contributed by atoms with Crippen molar-refractivity contribution in [1.82, 2.24) is 15.2 Å². The van der Waals surface area contributed by atoms with E-state index in [9.17, 15) is 18.4 Å². The molecule has 1 unspecified atom stereocenters. The summed E-state index contributed by atoms with van der Waals surface area (Å²) in [5.41, 5.74) is 0.902. The summed E-state index contributed by atoms with van der Waals surface area (Å²) in [4.78, 5) is 26.4. The number of hydrogen-bond donors (Lipinski definition) is 1. The van der Waals surface area contributed by atoms with Crippen molar-refractivity contribution in [3.8, 4) is 0 Å². The lowest BCUT2D eigenvalue weighted by molar-refractivity contribution is -0.133. The van der Waals surface area contributed by atoms with Crippen LogP contribution in [0.15, 0.2) is 53.6 Å². The van der Waals surface area contributed by atoms with E-state index in [2.05, 4.69) is 10.4 Å². The Labute approximate surface area is 174 Å². The molecule has 0 spiro atoms. The predicted octanol–water partition coefficient (Wildman–Crippen LogP) is 3.69. The zero-order chi connectivity index (χ0) is 21.8. The highest BCUT2D eigenvalue weighted by molar-refractivity contribution is 6.03. The maximum atomic E-state index is 14.5. The van der Waals surface area contributed by atoms with Crippen LogP contribution in [0, 0.1) is 11.6 Å². The molecule has 158 valence electrons. The van der Waals surface area contributed by atoms with Crippen LogP contribution in [0.2, 0.25) is 0 Å². The molecule has 3 rings (SSSR count). The molecule has 2 aromatic rings. The van der Waals surface area contributed by atoms with Crippen LogP contribution in [0.25, 0.3) is 0 Å². The smallest absolute Gasteiger partial charge is 0.317 e. The van der Waals surface area contributed by atoms with Crippen molar-refractivity contribution in [3.05, 3.63) is 71.3 Å². The molecule has 3 amide bonds. The first-order chi connectivity index (χ1) is 14.3. The molecule has 0 saturated heterocycles. The number of halogens is 2. The molecule has 0 aliphatic carbocycles. The highest BCUT2D eigenvalue weighted by Gasteiger charge is 2.35. The Bertz CT molecular complexity index is 977. The number of carbonyl (C=O) groups is 2. The zero-order valence-corrected chi connectivity index (χ0v) is 17.1. The number of benzene rings is 2. The van der Waals surface area contributed by atoms with E-state index < -0.39 is 29.6 Å². The third-order valence-electron chi connectivity index (χ3n) is 4.75. The van der Waals surface area contributed by atoms with Gasteiger partial charge in [0, 0.05) is 30.6 Å². The first-order valence-electron chi connectivity index (χ1n) is 9.68. The fourth-order valence-electron chi connectivity index (χ4n) is 3.29. The molecule has 8 heteroatoms. The van der Waals surface area contributed by atoms with Crippen molar-refractivity contribution >= 4 is 17.6 Å². The minimum Gasteiger partial charge on any atom is -0.336 e. The van der Waals surface area contributed by atoms with E-state index in [-0.39, 0.29) is 30.1 Å². The molecule has 0 radical (unpaired) electrons. The van der Waals surface area contributed by atoms with E-state index in [1.165, 1.54) is 24.1 Å². The van der Waals surface area contributed by atoms with Crippen LogP contribution >= 0.6 is 0 Å². The van der Waals surface area contributed by atoms with Gasteiger partial charge in [-0.15, -0.1) is 0 Å². The zero-order valence-electron chi connectivity index (χ0n) is 17.1. The molecule has 1 aliphatic heterocycles. The number of hydrazone groups is 1. The van der Waals surface area contributed by atoms with Gasteiger partial charge < -0.3 is 10.2 Å². The van der Waals surface area contributed by atoms with Gasteiger partial charge in [-0.2, -0.15) is 5.10 Å². The molecule has 1 atom stereocenters. The van der Waals surface area contributed by atoms with Crippen LogP contribution in [-0.4, -0.2) is 47.2 Å². The Kier molecular flexibility index (Phi) is 6.44. The Hall–Kier alpha value is -3.29. The van der Waals surface area contributed by atoms with Crippen LogP contribution in [0.5, 0.6) is 0 Å². The van der Waals surface area contributed by atoms with Gasteiger partial charge >= 0.3 is 6.03 Å². The second kappa shape index (κ2) is 9.02. The summed E-state index contributed by atoms with van der Waals surface area (Å²) in [5.74, 6) is -1.43. The lowest BCUT2D eigenvalue weighted by atomic mass is 9.97. The summed E-state index contributed by atoms with van der Waals surface area (Å²) in [7, 11) is 1.49. The normalized spacial score (nSPS) is 15.9. The molecule has 1 N–H and O–H groups in total. The van der Waals surface area contributed by atoms with E-state index >= 15 is 0 Å². The Morgan fingerprint density at radius 1 is 1.13 bits per heavy atom. The molecule has 1 aliphatic rings. The number of hydrogen-bond acceptors (Lipinski definition) is 3. The average Bonchev–Trinajstić information content (AvgIpc) is 3.13. The Morgan fingerprint density at radius 2 is 1.77 bits per heavy atom. The number of amides is 3. The summed E-state index contributed by atoms with van der Waals surface area (Å²) in [6, 6.07) is 11.0. The second-order valence-corrected chi connectivity index (χ2v) is 7.47. The number of nitrogens with one attached hydrogen (secondary N) is 1. The third-order valence-corrected chi connectivity index (χ3v) is 4.75. The quantitative estimate of drug-likeness (QED) is 0.811. The topological polar surface area (TPSA) is 65.0 Å². The van der Waals surface area contributed by atoms with Gasteiger partial charge in [-0.3, -0.25) is 4.79 Å². The highest BCUT2D eigenvalue weighted by Crippen LogP contribution is 2.34. The van der Waals surface area contributed by atoms with Gasteiger partial charge in [0.1, 0.15) is 18.2 Å². The fourth-order valence-corrected chi connectivity index (χ4v) is 3.29. The lowest BCUT2D eigenvalue weighted by Crippen LogP contribution is -2.45. The summed E-state index contributed by atoms with van der Waals surface area (Å²) < 4.78 is 28.8. The van der Waals surface area contributed by atoms with Crippen molar-refractivity contribution in [2.75, 3.05) is 13.6 Å². The maximum absolute atomic E-state index is 14.5. The van der Waals surface area contributed by atoms with Gasteiger partial charge in [0.2, 0.25) is 0 Å². The van der Waals surface area contributed by atoms with Crippen molar-refractivity contribution < 1.29 is 18.4 Å². The first kappa shape index (κ1) is 21.4. The van der Waals surface area contributed by atoms with E-state index in [0.717, 1.165) is 5.01 Å². The highest BCUT2D eigenvalue weighted by atomic mass is 19.1. The molecule has 1 heterocycles. The molecule has 0 aromatic heterocycles. The molecule has 2 aromatic carbocycles. The number of carbonyl (C=O) groups excluding carboxylic acids is 2. The van der Waals surface area contributed by atoms with Crippen LogP contribution in [0.3, 0.4) is 0 Å². The van der Waals surface area contributed by atoms with Gasteiger partial charge in [-0.1, -0.05) is 36.4 Å². The van der Waals surface area contributed by atoms with Gasteiger partial charge in [-0.05, 0) is 26.0 Å².